The zero-order valence-corrected chi connectivity index (χ0v) is 7.99. The second-order valence-electron chi connectivity index (χ2n) is 2.91. The lowest BCUT2D eigenvalue weighted by atomic mass is 10.1. The number of allylic oxidation sites excluding steroid dienone is 3. The second-order valence-corrected chi connectivity index (χ2v) is 2.91. The van der Waals surface area contributed by atoms with Gasteiger partial charge in [0.25, 0.3) is 0 Å². The maximum absolute atomic E-state index is 4.30. The van der Waals surface area contributed by atoms with Gasteiger partial charge in [-0.15, -0.1) is 0 Å². The molecule has 1 N–H and O–H groups in total. The molecule has 3 heteroatoms. The van der Waals surface area contributed by atoms with E-state index in [2.05, 4.69) is 21.5 Å². The Hall–Kier alpha value is -1.90. The lowest BCUT2D eigenvalue weighted by Crippen LogP contribution is -1.88. The Kier molecular flexibility index (Phi) is 2.14. The molecular formula is C11H11N3. The molecule has 70 valence electrons. The van der Waals surface area contributed by atoms with Crippen molar-refractivity contribution in [2.45, 2.75) is 6.92 Å². The molecular weight excluding hydrogens is 174 g/mol. The summed E-state index contributed by atoms with van der Waals surface area (Å²) in [6.45, 7) is 5.72. The number of imidazole rings is 1. The number of rotatable bonds is 2. The molecule has 0 aliphatic carbocycles. The largest absolute Gasteiger partial charge is 0.344 e. The first-order chi connectivity index (χ1) is 6.86. The van der Waals surface area contributed by atoms with Crippen LogP contribution in [0.4, 0.5) is 0 Å². The molecule has 2 heterocycles. The summed E-state index contributed by atoms with van der Waals surface area (Å²) in [7, 11) is 0. The second kappa shape index (κ2) is 3.46. The third-order valence-electron chi connectivity index (χ3n) is 2.14. The first kappa shape index (κ1) is 8.69. The van der Waals surface area contributed by atoms with Crippen LogP contribution in [-0.2, 0) is 0 Å². The highest BCUT2D eigenvalue weighted by molar-refractivity contribution is 5.89. The molecule has 0 aliphatic rings. The van der Waals surface area contributed by atoms with Crippen LogP contribution in [0.2, 0.25) is 0 Å². The highest BCUT2D eigenvalue weighted by Gasteiger charge is 2.06. The number of aromatic nitrogens is 3. The van der Waals surface area contributed by atoms with E-state index in [-0.39, 0.29) is 0 Å². The first-order valence-electron chi connectivity index (χ1n) is 4.44. The van der Waals surface area contributed by atoms with Gasteiger partial charge in [0, 0.05) is 6.20 Å². The molecule has 0 unspecified atom stereocenters. The summed E-state index contributed by atoms with van der Waals surface area (Å²) in [6.07, 6.45) is 7.20. The summed E-state index contributed by atoms with van der Waals surface area (Å²) in [5.41, 5.74) is 3.76. The third-order valence-corrected chi connectivity index (χ3v) is 2.14. The minimum absolute atomic E-state index is 0.876. The maximum atomic E-state index is 4.30. The number of hydrogen-bond acceptors (Lipinski definition) is 2. The number of H-pyrrole nitrogens is 1. The molecule has 0 fully saturated rings. The van der Waals surface area contributed by atoms with E-state index in [1.807, 2.05) is 19.1 Å². The number of pyridine rings is 1. The van der Waals surface area contributed by atoms with Crippen LogP contribution < -0.4 is 0 Å². The van der Waals surface area contributed by atoms with E-state index in [4.69, 9.17) is 0 Å². The average molecular weight is 185 g/mol. The van der Waals surface area contributed by atoms with Crippen molar-refractivity contribution in [2.75, 3.05) is 0 Å². The quantitative estimate of drug-likeness (QED) is 0.730. The molecule has 0 amide bonds. The number of nitrogens with one attached hydrogen (secondary N) is 1. The van der Waals surface area contributed by atoms with Gasteiger partial charge in [-0.3, -0.25) is 4.98 Å². The molecule has 0 saturated carbocycles. The van der Waals surface area contributed by atoms with E-state index in [0.717, 1.165) is 22.3 Å². The Morgan fingerprint density at radius 2 is 2.36 bits per heavy atom. The molecule has 0 aliphatic heterocycles. The number of fused-ring (bicyclic) bond motifs is 1. The fourth-order valence-electron chi connectivity index (χ4n) is 1.43. The number of hydrogen-bond donors (Lipinski definition) is 1. The van der Waals surface area contributed by atoms with Crippen molar-refractivity contribution in [1.82, 2.24) is 15.0 Å². The van der Waals surface area contributed by atoms with E-state index in [9.17, 15) is 0 Å². The normalized spacial score (nSPS) is 11.9. The van der Waals surface area contributed by atoms with Crippen molar-refractivity contribution < 1.29 is 0 Å². The van der Waals surface area contributed by atoms with E-state index in [1.54, 1.807) is 18.6 Å². The SMILES string of the molecule is C=C/C(=C\C)c1nccc2[nH]cnc12. The minimum atomic E-state index is 0.876. The molecule has 0 saturated heterocycles. The van der Waals surface area contributed by atoms with E-state index in [0.29, 0.717) is 0 Å². The molecule has 3 nitrogen and oxygen atoms in total. The molecule has 2 rings (SSSR count). The van der Waals surface area contributed by atoms with Crippen LogP contribution in [0.5, 0.6) is 0 Å². The van der Waals surface area contributed by atoms with Gasteiger partial charge in [-0.1, -0.05) is 18.7 Å². The van der Waals surface area contributed by atoms with Crippen molar-refractivity contribution in [3.63, 3.8) is 0 Å². The van der Waals surface area contributed by atoms with Gasteiger partial charge in [0.15, 0.2) is 0 Å². The van der Waals surface area contributed by atoms with Crippen LogP contribution in [0.3, 0.4) is 0 Å². The van der Waals surface area contributed by atoms with Gasteiger partial charge in [-0.05, 0) is 18.6 Å². The Morgan fingerprint density at radius 1 is 1.50 bits per heavy atom. The summed E-state index contributed by atoms with van der Waals surface area (Å²) in [5, 5.41) is 0. The Bertz CT molecular complexity index is 494. The van der Waals surface area contributed by atoms with Crippen molar-refractivity contribution in [3.8, 4) is 0 Å². The van der Waals surface area contributed by atoms with Crippen LogP contribution in [0, 0.1) is 0 Å². The number of nitrogens with zero attached hydrogens (tertiary/aromatic N) is 2. The van der Waals surface area contributed by atoms with Gasteiger partial charge in [0.1, 0.15) is 5.52 Å². The zero-order valence-electron chi connectivity index (χ0n) is 7.99. The lowest BCUT2D eigenvalue weighted by molar-refractivity contribution is 1.29. The summed E-state index contributed by atoms with van der Waals surface area (Å²) < 4.78 is 0. The molecule has 2 aromatic heterocycles. The smallest absolute Gasteiger partial charge is 0.114 e. The topological polar surface area (TPSA) is 41.6 Å². The average Bonchev–Trinajstić information content (AvgIpc) is 2.68. The predicted molar refractivity (Wildman–Crippen MR) is 57.7 cm³/mol. The van der Waals surface area contributed by atoms with Crippen LogP contribution in [-0.4, -0.2) is 15.0 Å². The van der Waals surface area contributed by atoms with Crippen molar-refractivity contribution in [3.05, 3.63) is 43.0 Å². The number of aromatic amines is 1. The van der Waals surface area contributed by atoms with Crippen LogP contribution >= 0.6 is 0 Å². The molecule has 2 aromatic rings. The summed E-state index contributed by atoms with van der Waals surface area (Å²) >= 11 is 0. The van der Waals surface area contributed by atoms with E-state index in [1.165, 1.54) is 0 Å². The van der Waals surface area contributed by atoms with Gasteiger partial charge in [0.05, 0.1) is 17.5 Å². The Labute approximate surface area is 82.2 Å². The van der Waals surface area contributed by atoms with Gasteiger partial charge in [0.2, 0.25) is 0 Å². The van der Waals surface area contributed by atoms with Crippen LogP contribution in [0.1, 0.15) is 12.6 Å². The van der Waals surface area contributed by atoms with Crippen molar-refractivity contribution in [1.29, 1.82) is 0 Å². The monoisotopic (exact) mass is 185 g/mol. The third kappa shape index (κ3) is 1.23. The molecule has 0 aromatic carbocycles. The van der Waals surface area contributed by atoms with Gasteiger partial charge >= 0.3 is 0 Å². The maximum Gasteiger partial charge on any atom is 0.114 e. The lowest BCUT2D eigenvalue weighted by Gasteiger charge is -2.00. The van der Waals surface area contributed by atoms with E-state index < -0.39 is 0 Å². The van der Waals surface area contributed by atoms with Gasteiger partial charge < -0.3 is 4.98 Å². The standard InChI is InChI=1S/C11H11N3/c1-3-8(4-2)10-11-9(5-6-12-10)13-7-14-11/h3-7H,1H2,2H3,(H,13,14)/b8-4+. The summed E-state index contributed by atoms with van der Waals surface area (Å²) in [6, 6.07) is 1.90. The van der Waals surface area contributed by atoms with E-state index >= 15 is 0 Å². The highest BCUT2D eigenvalue weighted by atomic mass is 14.9. The Balaban J connectivity index is 2.73. The van der Waals surface area contributed by atoms with Crippen LogP contribution in [0.25, 0.3) is 16.6 Å². The summed E-state index contributed by atoms with van der Waals surface area (Å²) in [5.74, 6) is 0. The van der Waals surface area contributed by atoms with Gasteiger partial charge in [-0.2, -0.15) is 0 Å². The zero-order chi connectivity index (χ0) is 9.97. The molecule has 0 radical (unpaired) electrons. The molecule has 0 spiro atoms. The van der Waals surface area contributed by atoms with Crippen molar-refractivity contribution in [2.24, 2.45) is 0 Å². The fraction of sp³-hybridized carbons (Fsp3) is 0.0909. The minimum Gasteiger partial charge on any atom is -0.344 e. The first-order valence-corrected chi connectivity index (χ1v) is 4.44. The van der Waals surface area contributed by atoms with Crippen molar-refractivity contribution >= 4 is 16.6 Å². The van der Waals surface area contributed by atoms with Gasteiger partial charge in [-0.25, -0.2) is 4.98 Å². The molecule has 0 bridgehead atoms. The van der Waals surface area contributed by atoms with Crippen LogP contribution in [0.15, 0.2) is 37.3 Å². The fourth-order valence-corrected chi connectivity index (χ4v) is 1.43. The summed E-state index contributed by atoms with van der Waals surface area (Å²) in [4.78, 5) is 11.6. The Morgan fingerprint density at radius 3 is 3.07 bits per heavy atom. The predicted octanol–water partition coefficient (Wildman–Crippen LogP) is 2.55. The molecule has 0 atom stereocenters. The highest BCUT2D eigenvalue weighted by Crippen LogP contribution is 2.20. The molecule has 14 heavy (non-hydrogen) atoms.